The Balaban J connectivity index is 2.31. The van der Waals surface area contributed by atoms with Crippen LogP contribution in [0.5, 0.6) is 11.5 Å². The van der Waals surface area contributed by atoms with Gasteiger partial charge in [-0.05, 0) is 43.3 Å². The fraction of sp³-hybridized carbons (Fsp3) is 0.250. The summed E-state index contributed by atoms with van der Waals surface area (Å²) in [6.07, 6.45) is 0. The number of aryl methyl sites for hydroxylation is 1. The van der Waals surface area contributed by atoms with E-state index < -0.39 is 0 Å². The van der Waals surface area contributed by atoms with Crippen LogP contribution in [0, 0.1) is 6.92 Å². The lowest BCUT2D eigenvalue weighted by molar-refractivity contribution is 0.469. The molecule has 0 fully saturated rings. The Kier molecular flexibility index (Phi) is 5.46. The van der Waals surface area contributed by atoms with Crippen molar-refractivity contribution in [1.29, 1.82) is 0 Å². The summed E-state index contributed by atoms with van der Waals surface area (Å²) in [5.41, 5.74) is 2.18. The lowest BCUT2D eigenvalue weighted by Gasteiger charge is -2.14. The predicted octanol–water partition coefficient (Wildman–Crippen LogP) is 5.31. The van der Waals surface area contributed by atoms with Crippen molar-refractivity contribution in [3.8, 4) is 11.5 Å². The van der Waals surface area contributed by atoms with Gasteiger partial charge in [0.15, 0.2) is 0 Å². The van der Waals surface area contributed by atoms with Crippen molar-refractivity contribution in [2.75, 3.05) is 6.54 Å². The number of rotatable bonds is 5. The number of halogens is 2. The van der Waals surface area contributed by atoms with Crippen LogP contribution in [0.15, 0.2) is 40.9 Å². The number of ether oxygens (including phenoxy) is 1. The largest absolute Gasteiger partial charge is 0.457 e. The zero-order valence-corrected chi connectivity index (χ0v) is 13.9. The molecule has 0 bridgehead atoms. The molecule has 4 heteroatoms. The molecule has 20 heavy (non-hydrogen) atoms. The van der Waals surface area contributed by atoms with Gasteiger partial charge in [-0.2, -0.15) is 0 Å². The molecule has 106 valence electrons. The minimum Gasteiger partial charge on any atom is -0.457 e. The molecule has 0 unspecified atom stereocenters. The van der Waals surface area contributed by atoms with Crippen LogP contribution < -0.4 is 10.1 Å². The molecule has 0 saturated carbocycles. The average molecular weight is 355 g/mol. The molecule has 0 heterocycles. The first-order valence-electron chi connectivity index (χ1n) is 6.53. The summed E-state index contributed by atoms with van der Waals surface area (Å²) < 4.78 is 7.04. The second-order valence-electron chi connectivity index (χ2n) is 4.54. The van der Waals surface area contributed by atoms with Gasteiger partial charge in [0.2, 0.25) is 0 Å². The number of nitrogens with one attached hydrogen (secondary N) is 1. The van der Waals surface area contributed by atoms with Gasteiger partial charge in [-0.1, -0.05) is 46.6 Å². The maximum atomic E-state index is 6.04. The third-order valence-corrected chi connectivity index (χ3v) is 3.69. The molecule has 0 aliphatic rings. The standard InChI is InChI=1S/C16H17BrClNO/c1-3-19-10-12-5-6-13(17)8-16(12)20-15-9-14(18)7-4-11(15)2/h4-9,19H,3,10H2,1-2H3. The van der Waals surface area contributed by atoms with E-state index in [2.05, 4.69) is 34.2 Å². The van der Waals surface area contributed by atoms with Crippen molar-refractivity contribution < 1.29 is 4.74 Å². The second kappa shape index (κ2) is 7.11. The molecule has 2 rings (SSSR count). The van der Waals surface area contributed by atoms with Gasteiger partial charge in [0, 0.05) is 21.6 Å². The Hall–Kier alpha value is -1.03. The first-order valence-corrected chi connectivity index (χ1v) is 7.70. The molecular formula is C16H17BrClNO. The van der Waals surface area contributed by atoms with E-state index in [1.54, 1.807) is 0 Å². The number of hydrogen-bond acceptors (Lipinski definition) is 2. The van der Waals surface area contributed by atoms with Crippen molar-refractivity contribution >= 4 is 27.5 Å². The first-order chi connectivity index (χ1) is 9.60. The molecule has 0 aliphatic carbocycles. The summed E-state index contributed by atoms with van der Waals surface area (Å²) in [5.74, 6) is 1.62. The van der Waals surface area contributed by atoms with Gasteiger partial charge in [0.1, 0.15) is 11.5 Å². The van der Waals surface area contributed by atoms with E-state index in [1.165, 1.54) is 0 Å². The van der Waals surface area contributed by atoms with Crippen LogP contribution in [0.3, 0.4) is 0 Å². The van der Waals surface area contributed by atoms with E-state index in [4.69, 9.17) is 16.3 Å². The molecule has 0 saturated heterocycles. The van der Waals surface area contributed by atoms with Crippen LogP contribution in [0.25, 0.3) is 0 Å². The smallest absolute Gasteiger partial charge is 0.133 e. The Labute approximate surface area is 133 Å². The molecule has 2 nitrogen and oxygen atoms in total. The molecule has 1 N–H and O–H groups in total. The minimum atomic E-state index is 0.675. The van der Waals surface area contributed by atoms with Crippen molar-refractivity contribution in [3.05, 3.63) is 57.0 Å². The topological polar surface area (TPSA) is 21.3 Å². The Morgan fingerprint density at radius 2 is 1.95 bits per heavy atom. The number of hydrogen-bond donors (Lipinski definition) is 1. The third-order valence-electron chi connectivity index (χ3n) is 2.96. The summed E-state index contributed by atoms with van der Waals surface area (Å²) in [5, 5.41) is 3.99. The zero-order chi connectivity index (χ0) is 14.5. The van der Waals surface area contributed by atoms with E-state index in [1.807, 2.05) is 37.3 Å². The van der Waals surface area contributed by atoms with Gasteiger partial charge >= 0.3 is 0 Å². The molecule has 0 amide bonds. The quantitative estimate of drug-likeness (QED) is 0.785. The lowest BCUT2D eigenvalue weighted by Crippen LogP contribution is -2.12. The van der Waals surface area contributed by atoms with E-state index in [0.29, 0.717) is 5.02 Å². The normalized spacial score (nSPS) is 10.6. The van der Waals surface area contributed by atoms with E-state index >= 15 is 0 Å². The van der Waals surface area contributed by atoms with Crippen molar-refractivity contribution in [3.63, 3.8) is 0 Å². The third kappa shape index (κ3) is 3.98. The van der Waals surface area contributed by atoms with Gasteiger partial charge in [0.05, 0.1) is 0 Å². The highest BCUT2D eigenvalue weighted by Gasteiger charge is 2.08. The zero-order valence-electron chi connectivity index (χ0n) is 11.5. The molecule has 0 spiro atoms. The van der Waals surface area contributed by atoms with Crippen LogP contribution in [-0.2, 0) is 6.54 Å². The highest BCUT2D eigenvalue weighted by atomic mass is 79.9. The van der Waals surface area contributed by atoms with Gasteiger partial charge < -0.3 is 10.1 Å². The first kappa shape index (κ1) is 15.4. The summed E-state index contributed by atoms with van der Waals surface area (Å²) in [7, 11) is 0. The SMILES string of the molecule is CCNCc1ccc(Br)cc1Oc1cc(Cl)ccc1C. The van der Waals surface area contributed by atoms with Crippen LogP contribution in [0.4, 0.5) is 0 Å². The monoisotopic (exact) mass is 353 g/mol. The van der Waals surface area contributed by atoms with Gasteiger partial charge in [-0.15, -0.1) is 0 Å². The maximum Gasteiger partial charge on any atom is 0.133 e. The Morgan fingerprint density at radius 3 is 2.70 bits per heavy atom. The number of benzene rings is 2. The van der Waals surface area contributed by atoms with Crippen LogP contribution in [-0.4, -0.2) is 6.54 Å². The van der Waals surface area contributed by atoms with Crippen molar-refractivity contribution in [2.24, 2.45) is 0 Å². The molecule has 2 aromatic carbocycles. The average Bonchev–Trinajstić information content (AvgIpc) is 2.42. The molecule has 0 aromatic heterocycles. The minimum absolute atomic E-state index is 0.675. The van der Waals surface area contributed by atoms with Crippen LogP contribution >= 0.6 is 27.5 Å². The maximum absolute atomic E-state index is 6.04. The molecule has 0 atom stereocenters. The van der Waals surface area contributed by atoms with E-state index in [-0.39, 0.29) is 0 Å². The summed E-state index contributed by atoms with van der Waals surface area (Å²) in [6.45, 7) is 5.79. The fourth-order valence-electron chi connectivity index (χ4n) is 1.83. The fourth-order valence-corrected chi connectivity index (χ4v) is 2.33. The second-order valence-corrected chi connectivity index (χ2v) is 5.90. The highest BCUT2D eigenvalue weighted by molar-refractivity contribution is 9.10. The van der Waals surface area contributed by atoms with Crippen molar-refractivity contribution in [1.82, 2.24) is 5.32 Å². The van der Waals surface area contributed by atoms with E-state index in [9.17, 15) is 0 Å². The van der Waals surface area contributed by atoms with Crippen LogP contribution in [0.1, 0.15) is 18.1 Å². The summed E-state index contributed by atoms with van der Waals surface area (Å²) in [4.78, 5) is 0. The lowest BCUT2D eigenvalue weighted by atomic mass is 10.2. The van der Waals surface area contributed by atoms with Gasteiger partial charge in [0.25, 0.3) is 0 Å². The Morgan fingerprint density at radius 1 is 1.15 bits per heavy atom. The molecule has 0 radical (unpaired) electrons. The summed E-state index contributed by atoms with van der Waals surface area (Å²) >= 11 is 9.52. The molecular weight excluding hydrogens is 338 g/mol. The van der Waals surface area contributed by atoms with Gasteiger partial charge in [-0.25, -0.2) is 0 Å². The predicted molar refractivity (Wildman–Crippen MR) is 87.8 cm³/mol. The summed E-state index contributed by atoms with van der Waals surface area (Å²) in [6, 6.07) is 11.7. The molecule has 0 aliphatic heterocycles. The molecule has 2 aromatic rings. The highest BCUT2D eigenvalue weighted by Crippen LogP contribution is 2.32. The van der Waals surface area contributed by atoms with E-state index in [0.717, 1.165) is 40.2 Å². The van der Waals surface area contributed by atoms with Crippen molar-refractivity contribution in [2.45, 2.75) is 20.4 Å². The Bertz CT molecular complexity index is 601. The van der Waals surface area contributed by atoms with Crippen LogP contribution in [0.2, 0.25) is 5.02 Å². The van der Waals surface area contributed by atoms with Gasteiger partial charge in [-0.3, -0.25) is 0 Å².